The third kappa shape index (κ3) is 5.00. The number of ether oxygens (including phenoxy) is 1. The van der Waals surface area contributed by atoms with Gasteiger partial charge >= 0.3 is 0 Å². The molecule has 2 amide bonds. The fourth-order valence-electron chi connectivity index (χ4n) is 4.01. The standard InChI is InChI=1S/C24H31N3O3/c1-26(2)20(19-13-7-8-14-21(19)30-3)17-25-24(29)23(18-11-5-4-6-12-18)27-16-10-9-15-22(27)28/h4-8,11-14,20,23H,9-10,15-17H2,1-3H3,(H,25,29). The summed E-state index contributed by atoms with van der Waals surface area (Å²) in [5.41, 5.74) is 1.85. The smallest absolute Gasteiger partial charge is 0.247 e. The topological polar surface area (TPSA) is 61.9 Å². The first-order chi connectivity index (χ1) is 14.5. The first-order valence-corrected chi connectivity index (χ1v) is 10.4. The van der Waals surface area contributed by atoms with Crippen molar-refractivity contribution in [3.8, 4) is 5.75 Å². The fourth-order valence-corrected chi connectivity index (χ4v) is 4.01. The van der Waals surface area contributed by atoms with Gasteiger partial charge in [0, 0.05) is 25.1 Å². The van der Waals surface area contributed by atoms with Crippen LogP contribution in [0.3, 0.4) is 0 Å². The van der Waals surface area contributed by atoms with Gasteiger partial charge in [0.25, 0.3) is 0 Å². The second kappa shape index (κ2) is 10.3. The number of nitrogens with one attached hydrogen (secondary N) is 1. The zero-order chi connectivity index (χ0) is 21.5. The van der Waals surface area contributed by atoms with Crippen LogP contribution in [-0.4, -0.2) is 55.9 Å². The number of likely N-dealkylation sites (tertiary alicyclic amines) is 1. The van der Waals surface area contributed by atoms with Crippen LogP contribution in [0.1, 0.15) is 42.5 Å². The number of hydrogen-bond acceptors (Lipinski definition) is 4. The van der Waals surface area contributed by atoms with Gasteiger partial charge in [-0.3, -0.25) is 9.59 Å². The van der Waals surface area contributed by atoms with Gasteiger partial charge in [0.05, 0.1) is 13.2 Å². The monoisotopic (exact) mass is 409 g/mol. The molecule has 0 bridgehead atoms. The van der Waals surface area contributed by atoms with Crippen LogP contribution >= 0.6 is 0 Å². The Kier molecular flexibility index (Phi) is 7.46. The molecule has 6 heteroatoms. The molecule has 1 heterocycles. The van der Waals surface area contributed by atoms with E-state index < -0.39 is 6.04 Å². The Morgan fingerprint density at radius 3 is 2.47 bits per heavy atom. The van der Waals surface area contributed by atoms with Crippen LogP contribution in [0.5, 0.6) is 5.75 Å². The molecule has 0 saturated carbocycles. The van der Waals surface area contributed by atoms with Gasteiger partial charge in [0.15, 0.2) is 0 Å². The van der Waals surface area contributed by atoms with Crippen molar-refractivity contribution >= 4 is 11.8 Å². The highest BCUT2D eigenvalue weighted by Gasteiger charge is 2.33. The van der Waals surface area contributed by atoms with Crippen LogP contribution < -0.4 is 10.1 Å². The molecule has 2 aromatic carbocycles. The summed E-state index contributed by atoms with van der Waals surface area (Å²) in [6, 6.07) is 16.7. The minimum atomic E-state index is -0.612. The van der Waals surface area contributed by atoms with Gasteiger partial charge in [-0.2, -0.15) is 0 Å². The summed E-state index contributed by atoms with van der Waals surface area (Å²) in [7, 11) is 5.61. The molecule has 1 fully saturated rings. The van der Waals surface area contributed by atoms with Crippen molar-refractivity contribution in [1.82, 2.24) is 15.1 Å². The number of piperidine rings is 1. The van der Waals surface area contributed by atoms with Gasteiger partial charge in [0.2, 0.25) is 11.8 Å². The first-order valence-electron chi connectivity index (χ1n) is 10.4. The van der Waals surface area contributed by atoms with Gasteiger partial charge < -0.3 is 19.9 Å². The summed E-state index contributed by atoms with van der Waals surface area (Å²) in [5.74, 6) is 0.675. The zero-order valence-corrected chi connectivity index (χ0v) is 18.0. The lowest BCUT2D eigenvalue weighted by molar-refractivity contribution is -0.142. The molecule has 1 aliphatic heterocycles. The van der Waals surface area contributed by atoms with E-state index in [0.29, 0.717) is 19.5 Å². The normalized spacial score (nSPS) is 16.3. The Balaban J connectivity index is 1.81. The molecule has 2 atom stereocenters. The lowest BCUT2D eigenvalue weighted by Gasteiger charge is -2.35. The quantitative estimate of drug-likeness (QED) is 0.728. The molecule has 2 aromatic rings. The minimum absolute atomic E-state index is 0.0409. The van der Waals surface area contributed by atoms with Crippen molar-refractivity contribution in [3.63, 3.8) is 0 Å². The van der Waals surface area contributed by atoms with Crippen LogP contribution in [0, 0.1) is 0 Å². The van der Waals surface area contributed by atoms with Crippen molar-refractivity contribution in [2.24, 2.45) is 0 Å². The van der Waals surface area contributed by atoms with E-state index in [2.05, 4.69) is 10.2 Å². The summed E-state index contributed by atoms with van der Waals surface area (Å²) in [6.45, 7) is 1.02. The lowest BCUT2D eigenvalue weighted by atomic mass is 10.00. The molecule has 1 N–H and O–H groups in total. The largest absolute Gasteiger partial charge is 0.496 e. The summed E-state index contributed by atoms with van der Waals surface area (Å²) in [4.78, 5) is 29.7. The van der Waals surface area contributed by atoms with E-state index in [0.717, 1.165) is 29.7 Å². The van der Waals surface area contributed by atoms with Crippen LogP contribution in [0.4, 0.5) is 0 Å². The molecular formula is C24H31N3O3. The van der Waals surface area contributed by atoms with E-state index in [9.17, 15) is 9.59 Å². The third-order valence-electron chi connectivity index (χ3n) is 5.63. The summed E-state index contributed by atoms with van der Waals surface area (Å²) < 4.78 is 5.52. The van der Waals surface area contributed by atoms with Crippen LogP contribution in [0.2, 0.25) is 0 Å². The van der Waals surface area contributed by atoms with Crippen molar-refractivity contribution in [2.45, 2.75) is 31.3 Å². The van der Waals surface area contributed by atoms with Gasteiger partial charge in [-0.15, -0.1) is 0 Å². The van der Waals surface area contributed by atoms with E-state index in [-0.39, 0.29) is 17.9 Å². The highest BCUT2D eigenvalue weighted by atomic mass is 16.5. The van der Waals surface area contributed by atoms with E-state index in [1.54, 1.807) is 12.0 Å². The Morgan fingerprint density at radius 2 is 1.80 bits per heavy atom. The number of methoxy groups -OCH3 is 1. The number of para-hydroxylation sites is 1. The van der Waals surface area contributed by atoms with Crippen molar-refractivity contribution < 1.29 is 14.3 Å². The van der Waals surface area contributed by atoms with Gasteiger partial charge in [0.1, 0.15) is 11.8 Å². The number of hydrogen-bond donors (Lipinski definition) is 1. The molecule has 1 saturated heterocycles. The summed E-state index contributed by atoms with van der Waals surface area (Å²) >= 11 is 0. The van der Waals surface area contributed by atoms with Gasteiger partial charge in [-0.1, -0.05) is 48.5 Å². The summed E-state index contributed by atoms with van der Waals surface area (Å²) in [5, 5.41) is 3.10. The fraction of sp³-hybridized carbons (Fsp3) is 0.417. The molecule has 0 aromatic heterocycles. The molecular weight excluding hydrogens is 378 g/mol. The van der Waals surface area contributed by atoms with E-state index in [1.165, 1.54) is 0 Å². The molecule has 30 heavy (non-hydrogen) atoms. The third-order valence-corrected chi connectivity index (χ3v) is 5.63. The highest BCUT2D eigenvalue weighted by Crippen LogP contribution is 2.29. The average Bonchev–Trinajstić information content (AvgIpc) is 2.76. The maximum Gasteiger partial charge on any atom is 0.247 e. The SMILES string of the molecule is COc1ccccc1C(CNC(=O)C(c1ccccc1)N1CCCCC1=O)N(C)C. The molecule has 160 valence electrons. The lowest BCUT2D eigenvalue weighted by Crippen LogP contribution is -2.47. The minimum Gasteiger partial charge on any atom is -0.496 e. The number of likely N-dealkylation sites (N-methyl/N-ethyl adjacent to an activating group) is 1. The van der Waals surface area contributed by atoms with Gasteiger partial charge in [-0.25, -0.2) is 0 Å². The van der Waals surface area contributed by atoms with Crippen LogP contribution in [0.15, 0.2) is 54.6 Å². The average molecular weight is 410 g/mol. The first kappa shape index (κ1) is 21.8. The maximum absolute atomic E-state index is 13.3. The van der Waals surface area contributed by atoms with Crippen LogP contribution in [-0.2, 0) is 9.59 Å². The molecule has 6 nitrogen and oxygen atoms in total. The zero-order valence-electron chi connectivity index (χ0n) is 18.0. The predicted molar refractivity (Wildman–Crippen MR) is 117 cm³/mol. The second-order valence-corrected chi connectivity index (χ2v) is 7.82. The number of carbonyl (C=O) groups excluding carboxylic acids is 2. The molecule has 3 rings (SSSR count). The van der Waals surface area contributed by atoms with E-state index in [1.807, 2.05) is 68.7 Å². The Morgan fingerprint density at radius 1 is 1.10 bits per heavy atom. The summed E-state index contributed by atoms with van der Waals surface area (Å²) in [6.07, 6.45) is 2.30. The number of benzene rings is 2. The number of nitrogens with zero attached hydrogens (tertiary/aromatic N) is 2. The molecule has 0 aliphatic carbocycles. The van der Waals surface area contributed by atoms with Crippen molar-refractivity contribution in [2.75, 3.05) is 34.3 Å². The van der Waals surface area contributed by atoms with Crippen LogP contribution in [0.25, 0.3) is 0 Å². The van der Waals surface area contributed by atoms with Gasteiger partial charge in [-0.05, 0) is 38.6 Å². The molecule has 2 unspecified atom stereocenters. The number of amides is 2. The Labute approximate surface area is 178 Å². The Hall–Kier alpha value is -2.86. The molecule has 1 aliphatic rings. The Bertz CT molecular complexity index is 854. The number of rotatable bonds is 8. The second-order valence-electron chi connectivity index (χ2n) is 7.82. The molecule has 0 radical (unpaired) electrons. The maximum atomic E-state index is 13.3. The van der Waals surface area contributed by atoms with Crippen molar-refractivity contribution in [1.29, 1.82) is 0 Å². The molecule has 0 spiro atoms. The highest BCUT2D eigenvalue weighted by molar-refractivity contribution is 5.89. The van der Waals surface area contributed by atoms with E-state index >= 15 is 0 Å². The number of carbonyl (C=O) groups is 2. The van der Waals surface area contributed by atoms with E-state index in [4.69, 9.17) is 4.74 Å². The predicted octanol–water partition coefficient (Wildman–Crippen LogP) is 3.17. The van der Waals surface area contributed by atoms with Crippen molar-refractivity contribution in [3.05, 3.63) is 65.7 Å².